The third-order valence-corrected chi connectivity index (χ3v) is 12.5. The van der Waals surface area contributed by atoms with Gasteiger partial charge in [0, 0.05) is 45.3 Å². The number of fused-ring (bicyclic) bond motifs is 23. The molecule has 0 aliphatic carbocycles. The summed E-state index contributed by atoms with van der Waals surface area (Å²) in [6.07, 6.45) is 0. The minimum absolute atomic E-state index is 0.0986. The second-order valence-corrected chi connectivity index (χ2v) is 17.4. The van der Waals surface area contributed by atoms with E-state index in [2.05, 4.69) is 170 Å². The Kier molecular flexibility index (Phi) is 7.48. The molecule has 0 spiro atoms. The lowest BCUT2D eigenvalue weighted by molar-refractivity contribution is 0.483. The number of benzene rings is 8. The molecule has 302 valence electrons. The fraction of sp³-hybridized carbons (Fsp3) is 0.0862. The van der Waals surface area contributed by atoms with Crippen LogP contribution in [0.3, 0.4) is 0 Å². The van der Waals surface area contributed by atoms with E-state index in [1.807, 2.05) is 41.0 Å². The molecular formula is C58H44N4O. The molecule has 2 aliphatic rings. The molecule has 0 N–H and O–H groups in total. The van der Waals surface area contributed by atoms with Crippen LogP contribution in [0.1, 0.15) is 31.8 Å². The second kappa shape index (κ2) is 14.4. The van der Waals surface area contributed by atoms with Gasteiger partial charge in [0.2, 0.25) is 0 Å². The lowest BCUT2D eigenvalue weighted by Gasteiger charge is -2.28. The van der Waals surface area contributed by atoms with E-state index in [4.69, 9.17) is 12.5 Å². The van der Waals surface area contributed by atoms with Gasteiger partial charge in [0.25, 0.3) is 0 Å². The van der Waals surface area contributed by atoms with Crippen molar-refractivity contribution < 1.29 is 10.2 Å². The molecule has 2 aromatic heterocycles. The lowest BCUT2D eigenvalue weighted by atomic mass is 9.86. The summed E-state index contributed by atoms with van der Waals surface area (Å²) in [5, 5.41) is 1.10. The van der Waals surface area contributed by atoms with Crippen molar-refractivity contribution in [2.75, 3.05) is 16.5 Å². The summed E-state index contributed by atoms with van der Waals surface area (Å²) in [7, 11) is 0. The van der Waals surface area contributed by atoms with Crippen LogP contribution in [-0.4, -0.2) is 16.2 Å². The highest BCUT2D eigenvalue weighted by Gasteiger charge is 2.32. The lowest BCUT2D eigenvalue weighted by Crippen LogP contribution is -2.25. The van der Waals surface area contributed by atoms with Crippen molar-refractivity contribution in [2.24, 2.45) is 0 Å². The van der Waals surface area contributed by atoms with Crippen LogP contribution >= 0.6 is 0 Å². The Morgan fingerprint density at radius 1 is 0.524 bits per heavy atom. The second-order valence-electron chi connectivity index (χ2n) is 17.4. The largest absolute Gasteiger partial charge is 0.457 e. The van der Waals surface area contributed by atoms with E-state index in [1.54, 1.807) is 0 Å². The zero-order valence-electron chi connectivity index (χ0n) is 39.1. The molecule has 0 fully saturated rings. The Morgan fingerprint density at radius 3 is 2.06 bits per heavy atom. The molecule has 63 heavy (non-hydrogen) atoms. The fourth-order valence-corrected chi connectivity index (χ4v) is 9.41. The van der Waals surface area contributed by atoms with Crippen LogP contribution < -0.4 is 14.5 Å². The van der Waals surface area contributed by atoms with Crippen molar-refractivity contribution in [3.8, 4) is 62.0 Å². The van der Waals surface area contributed by atoms with E-state index in [9.17, 15) is 2.74 Å². The molecule has 0 saturated heterocycles. The SMILES string of the molecule is [2H]c1c([2H])c([2H])c2c(c1[2H])c1ccc3cc1n2-c1cc(C(C)(C)C)cc(n1)-c1cccc(c1)-c1ccccc1-c1cccc(-c2ccccc2)c1N1CN(c2cccc(c2)O3)c2ccccc21. The summed E-state index contributed by atoms with van der Waals surface area (Å²) in [4.78, 5) is 10.2. The Morgan fingerprint density at radius 2 is 1.21 bits per heavy atom. The molecule has 0 atom stereocenters. The van der Waals surface area contributed by atoms with Crippen LogP contribution in [0.25, 0.3) is 72.3 Å². The van der Waals surface area contributed by atoms with Gasteiger partial charge < -0.3 is 14.5 Å². The first-order chi connectivity index (χ1) is 32.5. The maximum Gasteiger partial charge on any atom is 0.138 e. The zero-order chi connectivity index (χ0) is 45.7. The summed E-state index contributed by atoms with van der Waals surface area (Å²) in [6, 6.07) is 60.3. The Bertz CT molecular complexity index is 3650. The van der Waals surface area contributed by atoms with Crippen LogP contribution in [0.2, 0.25) is 0 Å². The number of aromatic nitrogens is 2. The number of hydrogen-bond donors (Lipinski definition) is 0. The van der Waals surface area contributed by atoms with Gasteiger partial charge in [-0.2, -0.15) is 0 Å². The van der Waals surface area contributed by atoms with Gasteiger partial charge in [-0.15, -0.1) is 0 Å². The fourth-order valence-electron chi connectivity index (χ4n) is 9.41. The highest BCUT2D eigenvalue weighted by molar-refractivity contribution is 6.09. The van der Waals surface area contributed by atoms with Gasteiger partial charge in [-0.05, 0) is 93.9 Å². The minimum Gasteiger partial charge on any atom is -0.457 e. The summed E-state index contributed by atoms with van der Waals surface area (Å²) < 4.78 is 44.7. The highest BCUT2D eigenvalue weighted by Crippen LogP contribution is 2.51. The molecule has 4 heterocycles. The minimum atomic E-state index is -0.302. The van der Waals surface area contributed by atoms with Gasteiger partial charge in [0.05, 0.1) is 39.3 Å². The molecule has 0 amide bonds. The maximum absolute atomic E-state index is 9.33. The number of ether oxygens (including phenoxy) is 1. The van der Waals surface area contributed by atoms with Crippen LogP contribution in [0.4, 0.5) is 22.7 Å². The summed E-state index contributed by atoms with van der Waals surface area (Å²) >= 11 is 0. The number of nitrogens with zero attached hydrogens (tertiary/aromatic N) is 4. The van der Waals surface area contributed by atoms with Gasteiger partial charge in [0.15, 0.2) is 0 Å². The van der Waals surface area contributed by atoms with E-state index in [1.165, 1.54) is 0 Å². The van der Waals surface area contributed by atoms with Crippen molar-refractivity contribution in [3.63, 3.8) is 0 Å². The van der Waals surface area contributed by atoms with Crippen molar-refractivity contribution in [1.82, 2.24) is 9.55 Å². The molecule has 10 aromatic rings. The quantitative estimate of drug-likeness (QED) is 0.165. The molecule has 5 heteroatoms. The van der Waals surface area contributed by atoms with Gasteiger partial charge in [0.1, 0.15) is 24.0 Å². The van der Waals surface area contributed by atoms with Crippen molar-refractivity contribution >= 4 is 44.6 Å². The first-order valence-electron chi connectivity index (χ1n) is 23.4. The Balaban J connectivity index is 1.18. The molecular weight excluding hydrogens is 769 g/mol. The van der Waals surface area contributed by atoms with E-state index in [-0.39, 0.29) is 29.6 Å². The van der Waals surface area contributed by atoms with Gasteiger partial charge >= 0.3 is 0 Å². The standard InChI is InChI=1S/C58H44N4O/c1-58(2,3)41-33-51-40-19-13-18-39(32-40)45-22-7-8-23-47(45)50-26-15-25-46(38-16-5-4-6-17-38)57(50)61-37-60(53-28-11-12-29-54(53)61)42-20-14-21-43(35-42)63-44-30-31-49-48-24-9-10-27-52(48)62(55(49)36-44)56(34-41)59-51/h4-36H,37H2,1-3H3/i9D,10D,24D,27D. The number of hydrogen-bond acceptors (Lipinski definition) is 4. The molecule has 0 saturated carbocycles. The van der Waals surface area contributed by atoms with Crippen LogP contribution in [0.15, 0.2) is 200 Å². The Hall–Kier alpha value is -7.89. The van der Waals surface area contributed by atoms with E-state index in [0.29, 0.717) is 45.8 Å². The number of pyridine rings is 1. The molecule has 10 bridgehead atoms. The third kappa shape index (κ3) is 6.19. The Labute approximate surface area is 373 Å². The normalized spacial score (nSPS) is 13.9. The van der Waals surface area contributed by atoms with Gasteiger partial charge in [-0.3, -0.25) is 4.57 Å². The molecule has 12 rings (SSSR count). The number of anilines is 4. The maximum atomic E-state index is 9.33. The number of rotatable bonds is 1. The molecule has 0 unspecified atom stereocenters. The number of para-hydroxylation sites is 4. The van der Waals surface area contributed by atoms with E-state index in [0.717, 1.165) is 73.0 Å². The summed E-state index contributed by atoms with van der Waals surface area (Å²) in [5.41, 5.74) is 14.2. The average Bonchev–Trinajstić information content (AvgIpc) is 3.91. The average molecular weight is 817 g/mol. The van der Waals surface area contributed by atoms with E-state index >= 15 is 0 Å². The molecule has 8 aromatic carbocycles. The van der Waals surface area contributed by atoms with Crippen molar-refractivity contribution in [3.05, 3.63) is 206 Å². The summed E-state index contributed by atoms with van der Waals surface area (Å²) in [6.45, 7) is 7.06. The van der Waals surface area contributed by atoms with E-state index < -0.39 is 0 Å². The topological polar surface area (TPSA) is 33.5 Å². The van der Waals surface area contributed by atoms with Crippen LogP contribution in [-0.2, 0) is 5.41 Å². The van der Waals surface area contributed by atoms with Crippen molar-refractivity contribution in [2.45, 2.75) is 26.2 Å². The molecule has 0 radical (unpaired) electrons. The van der Waals surface area contributed by atoms with Crippen LogP contribution in [0, 0.1) is 0 Å². The monoisotopic (exact) mass is 816 g/mol. The zero-order valence-corrected chi connectivity index (χ0v) is 35.1. The van der Waals surface area contributed by atoms with Gasteiger partial charge in [-0.1, -0.05) is 148 Å². The predicted octanol–water partition coefficient (Wildman–Crippen LogP) is 15.5. The van der Waals surface area contributed by atoms with Crippen LogP contribution in [0.5, 0.6) is 11.5 Å². The molecule has 2 aliphatic heterocycles. The first-order valence-corrected chi connectivity index (χ1v) is 21.4. The van der Waals surface area contributed by atoms with Crippen molar-refractivity contribution in [1.29, 1.82) is 0 Å². The predicted molar refractivity (Wildman–Crippen MR) is 261 cm³/mol. The third-order valence-electron chi connectivity index (χ3n) is 12.5. The first kappa shape index (κ1) is 32.8. The summed E-state index contributed by atoms with van der Waals surface area (Å²) in [5.74, 6) is 1.74. The van der Waals surface area contributed by atoms with Gasteiger partial charge in [-0.25, -0.2) is 4.98 Å². The molecule has 5 nitrogen and oxygen atoms in total. The highest BCUT2D eigenvalue weighted by atomic mass is 16.5. The smallest absolute Gasteiger partial charge is 0.138 e.